The van der Waals surface area contributed by atoms with Crippen LogP contribution in [-0.2, 0) is 13.0 Å². The summed E-state index contributed by atoms with van der Waals surface area (Å²) in [6.07, 6.45) is 12.7. The van der Waals surface area contributed by atoms with Crippen LogP contribution in [-0.4, -0.2) is 11.7 Å². The molecule has 2 nitrogen and oxygen atoms in total. The van der Waals surface area contributed by atoms with Gasteiger partial charge in [-0.25, -0.2) is 4.57 Å². The van der Waals surface area contributed by atoms with Gasteiger partial charge in [-0.15, -0.1) is 0 Å². The van der Waals surface area contributed by atoms with Crippen molar-refractivity contribution in [1.29, 1.82) is 0 Å². The van der Waals surface area contributed by atoms with Crippen LogP contribution in [0.4, 0.5) is 0 Å². The van der Waals surface area contributed by atoms with Gasteiger partial charge in [-0.1, -0.05) is 19.8 Å². The molecule has 18 heavy (non-hydrogen) atoms. The van der Waals surface area contributed by atoms with E-state index in [2.05, 4.69) is 36.0 Å². The first-order chi connectivity index (χ1) is 8.36. The van der Waals surface area contributed by atoms with Gasteiger partial charge in [-0.2, -0.15) is 0 Å². The maximum atomic E-state index is 8.70. The molecule has 0 aliphatic rings. The lowest BCUT2D eigenvalue weighted by atomic mass is 10.1. The highest BCUT2D eigenvalue weighted by atomic mass is 35.5. The third kappa shape index (κ3) is 7.67. The fraction of sp³-hybridized carbons (Fsp3) is 0.667. The topological polar surface area (TPSA) is 24.1 Å². The summed E-state index contributed by atoms with van der Waals surface area (Å²) < 4.78 is 2.30. The number of unbranched alkanes of at least 4 members (excludes halogenated alkanes) is 4. The first-order valence-electron chi connectivity index (χ1n) is 6.95. The van der Waals surface area contributed by atoms with Crippen molar-refractivity contribution in [1.82, 2.24) is 0 Å². The van der Waals surface area contributed by atoms with Gasteiger partial charge < -0.3 is 17.5 Å². The SMILES string of the molecule is CCCCc1ccc[n+](CCCCCCO)c1.[Cl-]. The molecule has 0 saturated heterocycles. The van der Waals surface area contributed by atoms with Crippen molar-refractivity contribution in [2.45, 2.75) is 58.4 Å². The Kier molecular flexibility index (Phi) is 11.1. The van der Waals surface area contributed by atoms with Gasteiger partial charge in [-0.05, 0) is 31.7 Å². The molecule has 0 aliphatic heterocycles. The molecule has 1 aromatic rings. The molecule has 0 amide bonds. The Labute approximate surface area is 117 Å². The number of aromatic nitrogens is 1. The van der Waals surface area contributed by atoms with E-state index in [1.54, 1.807) is 0 Å². The van der Waals surface area contributed by atoms with Crippen LogP contribution in [0.1, 0.15) is 51.0 Å². The molecular formula is C15H26ClNO. The number of aryl methyl sites for hydroxylation is 2. The van der Waals surface area contributed by atoms with Crippen LogP contribution >= 0.6 is 0 Å². The van der Waals surface area contributed by atoms with Crippen LogP contribution in [0.15, 0.2) is 24.5 Å². The van der Waals surface area contributed by atoms with Crippen LogP contribution < -0.4 is 17.0 Å². The van der Waals surface area contributed by atoms with E-state index in [1.807, 2.05) is 0 Å². The molecular weight excluding hydrogens is 246 g/mol. The Morgan fingerprint density at radius 2 is 1.89 bits per heavy atom. The molecule has 0 spiro atoms. The highest BCUT2D eigenvalue weighted by Crippen LogP contribution is 2.03. The molecule has 3 heteroatoms. The summed E-state index contributed by atoms with van der Waals surface area (Å²) in [4.78, 5) is 0. The Balaban J connectivity index is 0.00000289. The molecule has 0 atom stereocenters. The van der Waals surface area contributed by atoms with E-state index in [1.165, 1.54) is 37.7 Å². The van der Waals surface area contributed by atoms with Crippen LogP contribution in [0.2, 0.25) is 0 Å². The first kappa shape index (κ1) is 17.4. The maximum absolute atomic E-state index is 8.70. The minimum atomic E-state index is 0. The Morgan fingerprint density at radius 3 is 2.61 bits per heavy atom. The summed E-state index contributed by atoms with van der Waals surface area (Å²) in [5.74, 6) is 0. The summed E-state index contributed by atoms with van der Waals surface area (Å²) in [6.45, 7) is 3.67. The van der Waals surface area contributed by atoms with Crippen molar-refractivity contribution >= 4 is 0 Å². The van der Waals surface area contributed by atoms with Crippen molar-refractivity contribution in [2.75, 3.05) is 6.61 Å². The van der Waals surface area contributed by atoms with Gasteiger partial charge in [0.05, 0.1) is 0 Å². The van der Waals surface area contributed by atoms with Crippen molar-refractivity contribution < 1.29 is 22.1 Å². The predicted octanol–water partition coefficient (Wildman–Crippen LogP) is -0.127. The van der Waals surface area contributed by atoms with Crippen LogP contribution in [0.3, 0.4) is 0 Å². The van der Waals surface area contributed by atoms with E-state index in [4.69, 9.17) is 5.11 Å². The second-order valence-corrected chi connectivity index (χ2v) is 4.69. The maximum Gasteiger partial charge on any atom is 0.171 e. The van der Waals surface area contributed by atoms with E-state index >= 15 is 0 Å². The van der Waals surface area contributed by atoms with E-state index in [0.29, 0.717) is 6.61 Å². The predicted molar refractivity (Wildman–Crippen MR) is 70.8 cm³/mol. The number of hydrogen-bond acceptors (Lipinski definition) is 1. The number of aliphatic hydroxyl groups excluding tert-OH is 1. The van der Waals surface area contributed by atoms with E-state index in [9.17, 15) is 0 Å². The number of nitrogens with zero attached hydrogens (tertiary/aromatic N) is 1. The van der Waals surface area contributed by atoms with Gasteiger partial charge >= 0.3 is 0 Å². The van der Waals surface area contributed by atoms with Crippen molar-refractivity contribution in [3.63, 3.8) is 0 Å². The molecule has 0 aromatic carbocycles. The largest absolute Gasteiger partial charge is 1.00 e. The van der Waals surface area contributed by atoms with Crippen LogP contribution in [0, 0.1) is 0 Å². The number of aliphatic hydroxyl groups is 1. The monoisotopic (exact) mass is 271 g/mol. The number of rotatable bonds is 9. The van der Waals surface area contributed by atoms with Crippen molar-refractivity contribution in [2.24, 2.45) is 0 Å². The average molecular weight is 272 g/mol. The zero-order valence-corrected chi connectivity index (χ0v) is 12.2. The second kappa shape index (κ2) is 11.5. The van der Waals surface area contributed by atoms with Gasteiger partial charge in [0, 0.05) is 24.7 Å². The van der Waals surface area contributed by atoms with E-state index in [-0.39, 0.29) is 12.4 Å². The lowest BCUT2D eigenvalue weighted by molar-refractivity contribution is -0.697. The molecule has 0 radical (unpaired) electrons. The Bertz CT molecular complexity index is 304. The molecule has 0 aliphatic carbocycles. The summed E-state index contributed by atoms with van der Waals surface area (Å²) in [5.41, 5.74) is 1.45. The molecule has 0 saturated carbocycles. The molecule has 0 bridgehead atoms. The van der Waals surface area contributed by atoms with Gasteiger partial charge in [0.15, 0.2) is 12.4 Å². The zero-order valence-electron chi connectivity index (χ0n) is 11.4. The van der Waals surface area contributed by atoms with E-state index in [0.717, 1.165) is 19.4 Å². The standard InChI is InChI=1S/C15H26NO.ClH/c1-2-3-9-15-10-8-12-16(14-15)11-6-4-5-7-13-17;/h8,10,12,14,17H,2-7,9,11,13H2,1H3;1H/q+1;/p-1. The highest BCUT2D eigenvalue weighted by molar-refractivity contribution is 5.05. The van der Waals surface area contributed by atoms with Crippen LogP contribution in [0.5, 0.6) is 0 Å². The van der Waals surface area contributed by atoms with Gasteiger partial charge in [-0.3, -0.25) is 0 Å². The Hall–Kier alpha value is -0.600. The van der Waals surface area contributed by atoms with Gasteiger partial charge in [0.1, 0.15) is 6.54 Å². The zero-order chi connectivity index (χ0) is 12.3. The molecule has 104 valence electrons. The third-order valence-electron chi connectivity index (χ3n) is 3.06. The molecule has 1 aromatic heterocycles. The van der Waals surface area contributed by atoms with Gasteiger partial charge in [0.2, 0.25) is 0 Å². The fourth-order valence-electron chi connectivity index (χ4n) is 2.00. The number of halogens is 1. The van der Waals surface area contributed by atoms with Gasteiger partial charge in [0.25, 0.3) is 0 Å². The summed E-state index contributed by atoms with van der Waals surface area (Å²) >= 11 is 0. The molecule has 1 rings (SSSR count). The second-order valence-electron chi connectivity index (χ2n) is 4.69. The highest BCUT2D eigenvalue weighted by Gasteiger charge is 2.02. The lowest BCUT2D eigenvalue weighted by Gasteiger charge is -2.01. The van der Waals surface area contributed by atoms with E-state index < -0.39 is 0 Å². The number of hydrogen-bond donors (Lipinski definition) is 1. The Morgan fingerprint density at radius 1 is 1.11 bits per heavy atom. The molecule has 1 N–H and O–H groups in total. The molecule has 1 heterocycles. The fourth-order valence-corrected chi connectivity index (χ4v) is 2.00. The quantitative estimate of drug-likeness (QED) is 0.491. The summed E-state index contributed by atoms with van der Waals surface area (Å²) in [6, 6.07) is 4.37. The lowest BCUT2D eigenvalue weighted by Crippen LogP contribution is -3.00. The van der Waals surface area contributed by atoms with Crippen molar-refractivity contribution in [3.05, 3.63) is 30.1 Å². The smallest absolute Gasteiger partial charge is 0.171 e. The first-order valence-corrected chi connectivity index (χ1v) is 6.95. The minimum Gasteiger partial charge on any atom is -1.00 e. The van der Waals surface area contributed by atoms with Crippen LogP contribution in [0.25, 0.3) is 0 Å². The average Bonchev–Trinajstić information content (AvgIpc) is 2.37. The van der Waals surface area contributed by atoms with Crippen molar-refractivity contribution in [3.8, 4) is 0 Å². The summed E-state index contributed by atoms with van der Waals surface area (Å²) in [5, 5.41) is 8.70. The third-order valence-corrected chi connectivity index (χ3v) is 3.06. The number of pyridine rings is 1. The molecule has 0 fully saturated rings. The molecule has 0 unspecified atom stereocenters. The minimum absolute atomic E-state index is 0. The normalized spacial score (nSPS) is 10.1. The summed E-state index contributed by atoms with van der Waals surface area (Å²) in [7, 11) is 0.